The van der Waals surface area contributed by atoms with Crippen molar-refractivity contribution in [2.24, 2.45) is 0 Å². The molecular formula is C23H14BrClN2. The van der Waals surface area contributed by atoms with Gasteiger partial charge in [-0.2, -0.15) is 0 Å². The number of fused-ring (bicyclic) bond motifs is 3. The van der Waals surface area contributed by atoms with Crippen molar-refractivity contribution in [3.05, 3.63) is 88.4 Å². The zero-order chi connectivity index (χ0) is 18.4. The van der Waals surface area contributed by atoms with Crippen molar-refractivity contribution in [2.45, 2.75) is 0 Å². The van der Waals surface area contributed by atoms with Gasteiger partial charge in [0.2, 0.25) is 0 Å². The Labute approximate surface area is 170 Å². The van der Waals surface area contributed by atoms with Gasteiger partial charge >= 0.3 is 0 Å². The Bertz CT molecular complexity index is 1280. The molecule has 0 amide bonds. The molecule has 5 aromatic rings. The highest BCUT2D eigenvalue weighted by molar-refractivity contribution is 9.10. The number of nitrogens with one attached hydrogen (secondary N) is 1. The van der Waals surface area contributed by atoms with Crippen LogP contribution in [-0.2, 0) is 0 Å². The molecule has 0 saturated carbocycles. The summed E-state index contributed by atoms with van der Waals surface area (Å²) in [6.07, 6.45) is 0. The van der Waals surface area contributed by atoms with E-state index in [1.54, 1.807) is 0 Å². The molecule has 5 rings (SSSR count). The molecule has 2 nitrogen and oxygen atoms in total. The lowest BCUT2D eigenvalue weighted by Crippen LogP contribution is -1.90. The molecule has 0 unspecified atom stereocenters. The van der Waals surface area contributed by atoms with E-state index in [-0.39, 0.29) is 0 Å². The number of H-pyrrole nitrogens is 1. The quantitative estimate of drug-likeness (QED) is 0.307. The van der Waals surface area contributed by atoms with E-state index < -0.39 is 0 Å². The average Bonchev–Trinajstić information content (AvgIpc) is 3.04. The highest BCUT2D eigenvalue weighted by Crippen LogP contribution is 2.36. The maximum Gasteiger partial charge on any atom is 0.0965 e. The van der Waals surface area contributed by atoms with Crippen LogP contribution in [-0.4, -0.2) is 9.97 Å². The van der Waals surface area contributed by atoms with E-state index in [1.165, 1.54) is 0 Å². The first kappa shape index (κ1) is 16.5. The number of aromatic amines is 1. The lowest BCUT2D eigenvalue weighted by molar-refractivity contribution is 1.40. The largest absolute Gasteiger partial charge is 0.353 e. The van der Waals surface area contributed by atoms with E-state index in [1.807, 2.05) is 48.5 Å². The molecule has 0 fully saturated rings. The third-order valence-electron chi connectivity index (χ3n) is 4.73. The summed E-state index contributed by atoms with van der Waals surface area (Å²) in [6, 6.07) is 26.6. The van der Waals surface area contributed by atoms with E-state index >= 15 is 0 Å². The normalized spacial score (nSPS) is 11.3. The molecule has 0 aliphatic rings. The SMILES string of the molecule is Clc1ccc(-c2cc3[nH]c4cc(Br)ccc4c3nc2-c2ccccc2)cc1. The number of hydrogen-bond donors (Lipinski definition) is 1. The third kappa shape index (κ3) is 2.93. The van der Waals surface area contributed by atoms with Crippen molar-refractivity contribution in [2.75, 3.05) is 0 Å². The third-order valence-corrected chi connectivity index (χ3v) is 5.48. The zero-order valence-electron chi connectivity index (χ0n) is 14.2. The van der Waals surface area contributed by atoms with Crippen LogP contribution in [0.1, 0.15) is 0 Å². The van der Waals surface area contributed by atoms with E-state index in [0.29, 0.717) is 0 Å². The lowest BCUT2D eigenvalue weighted by atomic mass is 9.98. The van der Waals surface area contributed by atoms with Crippen LogP contribution in [0.3, 0.4) is 0 Å². The van der Waals surface area contributed by atoms with Crippen molar-refractivity contribution >= 4 is 49.5 Å². The van der Waals surface area contributed by atoms with Crippen molar-refractivity contribution < 1.29 is 0 Å². The minimum atomic E-state index is 0.726. The molecular weight excluding hydrogens is 420 g/mol. The fraction of sp³-hybridized carbons (Fsp3) is 0. The Balaban J connectivity index is 1.86. The standard InChI is InChI=1S/C23H14BrClN2/c24-16-8-11-18-20(12-16)26-21-13-19(14-6-9-17(25)10-7-14)22(27-23(18)21)15-4-2-1-3-5-15/h1-13,26H. The highest BCUT2D eigenvalue weighted by atomic mass is 79.9. The molecule has 0 atom stereocenters. The summed E-state index contributed by atoms with van der Waals surface area (Å²) < 4.78 is 1.04. The summed E-state index contributed by atoms with van der Waals surface area (Å²) in [7, 11) is 0. The summed E-state index contributed by atoms with van der Waals surface area (Å²) >= 11 is 9.64. The second kappa shape index (κ2) is 6.52. The monoisotopic (exact) mass is 432 g/mol. The summed E-state index contributed by atoms with van der Waals surface area (Å²) in [6.45, 7) is 0. The first-order valence-corrected chi connectivity index (χ1v) is 9.79. The second-order valence-electron chi connectivity index (χ2n) is 6.47. The van der Waals surface area contributed by atoms with E-state index in [2.05, 4.69) is 51.2 Å². The smallest absolute Gasteiger partial charge is 0.0965 e. The molecule has 2 heterocycles. The van der Waals surface area contributed by atoms with Gasteiger partial charge in [-0.05, 0) is 42.0 Å². The molecule has 130 valence electrons. The Morgan fingerprint density at radius 1 is 0.778 bits per heavy atom. The van der Waals surface area contributed by atoms with E-state index in [0.717, 1.165) is 53.8 Å². The number of pyridine rings is 1. The predicted molar refractivity (Wildman–Crippen MR) is 117 cm³/mol. The van der Waals surface area contributed by atoms with Crippen LogP contribution >= 0.6 is 27.5 Å². The van der Waals surface area contributed by atoms with Crippen LogP contribution in [0.4, 0.5) is 0 Å². The molecule has 0 spiro atoms. The number of benzene rings is 3. The molecule has 4 heteroatoms. The van der Waals surface area contributed by atoms with Crippen molar-refractivity contribution in [3.63, 3.8) is 0 Å². The highest BCUT2D eigenvalue weighted by Gasteiger charge is 2.14. The van der Waals surface area contributed by atoms with Gasteiger partial charge in [0.15, 0.2) is 0 Å². The number of halogens is 2. The first-order chi connectivity index (χ1) is 13.2. The van der Waals surface area contributed by atoms with Crippen LogP contribution in [0.2, 0.25) is 5.02 Å². The fourth-order valence-corrected chi connectivity index (χ4v) is 3.94. The molecule has 3 aromatic carbocycles. The van der Waals surface area contributed by atoms with Crippen LogP contribution in [0, 0.1) is 0 Å². The molecule has 0 aliphatic carbocycles. The first-order valence-electron chi connectivity index (χ1n) is 8.62. The Morgan fingerprint density at radius 3 is 2.33 bits per heavy atom. The number of aromatic nitrogens is 2. The summed E-state index contributed by atoms with van der Waals surface area (Å²) in [4.78, 5) is 8.58. The fourth-order valence-electron chi connectivity index (χ4n) is 3.45. The Morgan fingerprint density at radius 2 is 1.56 bits per heavy atom. The predicted octanol–water partition coefficient (Wildman–Crippen LogP) is 7.47. The van der Waals surface area contributed by atoms with Gasteiger partial charge in [0.1, 0.15) is 0 Å². The van der Waals surface area contributed by atoms with E-state index in [9.17, 15) is 0 Å². The molecule has 0 saturated heterocycles. The van der Waals surface area contributed by atoms with Crippen molar-refractivity contribution in [1.29, 1.82) is 0 Å². The summed E-state index contributed by atoms with van der Waals surface area (Å²) in [5.74, 6) is 0. The average molecular weight is 434 g/mol. The molecule has 0 aliphatic heterocycles. The van der Waals surface area contributed by atoms with E-state index in [4.69, 9.17) is 16.6 Å². The maximum atomic E-state index is 6.09. The van der Waals surface area contributed by atoms with Crippen LogP contribution in [0.5, 0.6) is 0 Å². The van der Waals surface area contributed by atoms with Gasteiger partial charge < -0.3 is 4.98 Å². The Kier molecular flexibility index (Phi) is 4.00. The molecule has 1 N–H and O–H groups in total. The van der Waals surface area contributed by atoms with Gasteiger partial charge in [-0.15, -0.1) is 0 Å². The minimum Gasteiger partial charge on any atom is -0.353 e. The van der Waals surface area contributed by atoms with Gasteiger partial charge in [-0.3, -0.25) is 0 Å². The van der Waals surface area contributed by atoms with Gasteiger partial charge in [0, 0.05) is 31.5 Å². The molecule has 0 radical (unpaired) electrons. The number of hydrogen-bond acceptors (Lipinski definition) is 1. The van der Waals surface area contributed by atoms with Gasteiger partial charge in [-0.1, -0.05) is 70.0 Å². The topological polar surface area (TPSA) is 28.7 Å². The molecule has 2 aromatic heterocycles. The van der Waals surface area contributed by atoms with Crippen LogP contribution in [0.25, 0.3) is 44.3 Å². The van der Waals surface area contributed by atoms with Gasteiger partial charge in [-0.25, -0.2) is 4.98 Å². The van der Waals surface area contributed by atoms with Crippen LogP contribution < -0.4 is 0 Å². The summed E-state index contributed by atoms with van der Waals surface area (Å²) in [5, 5.41) is 1.84. The minimum absolute atomic E-state index is 0.726. The second-order valence-corrected chi connectivity index (χ2v) is 7.82. The lowest BCUT2D eigenvalue weighted by Gasteiger charge is -2.10. The summed E-state index contributed by atoms with van der Waals surface area (Å²) in [5.41, 5.74) is 7.30. The van der Waals surface area contributed by atoms with Crippen molar-refractivity contribution in [1.82, 2.24) is 9.97 Å². The Hall–Kier alpha value is -2.62. The molecule has 0 bridgehead atoms. The number of rotatable bonds is 2. The van der Waals surface area contributed by atoms with Crippen LogP contribution in [0.15, 0.2) is 83.3 Å². The molecule has 27 heavy (non-hydrogen) atoms. The zero-order valence-corrected chi connectivity index (χ0v) is 16.6. The van der Waals surface area contributed by atoms with Gasteiger partial charge in [0.25, 0.3) is 0 Å². The van der Waals surface area contributed by atoms with Crippen molar-refractivity contribution in [3.8, 4) is 22.4 Å². The van der Waals surface area contributed by atoms with Gasteiger partial charge in [0.05, 0.1) is 16.7 Å². The number of nitrogens with zero attached hydrogens (tertiary/aromatic N) is 1. The maximum absolute atomic E-state index is 6.09.